The van der Waals surface area contributed by atoms with Crippen molar-refractivity contribution in [1.29, 1.82) is 0 Å². The molecule has 0 spiro atoms. The monoisotopic (exact) mass is 322 g/mol. The molecule has 0 aliphatic rings. The molecule has 0 atom stereocenters. The summed E-state index contributed by atoms with van der Waals surface area (Å²) in [6, 6.07) is 3.87. The second-order valence-corrected chi connectivity index (χ2v) is 4.85. The standard InChI is InChI=1S/C14H20F2N2O2.ClH/c1-9-4-10(2)13(11(3)5-9)20-6-12(19)18-8-14(15,16)7-17;/h4-5H,6-8,17H2,1-3H3,(H,18,19);1H. The molecule has 1 aromatic carbocycles. The van der Waals surface area contributed by atoms with Crippen molar-refractivity contribution >= 4 is 18.3 Å². The summed E-state index contributed by atoms with van der Waals surface area (Å²) in [6.45, 7) is 3.82. The fraction of sp³-hybridized carbons (Fsp3) is 0.500. The predicted molar refractivity (Wildman–Crippen MR) is 80.4 cm³/mol. The van der Waals surface area contributed by atoms with Crippen LogP contribution in [-0.2, 0) is 4.79 Å². The molecule has 0 bridgehead atoms. The van der Waals surface area contributed by atoms with Crippen molar-refractivity contribution in [3.05, 3.63) is 28.8 Å². The van der Waals surface area contributed by atoms with Crippen LogP contribution < -0.4 is 15.8 Å². The highest BCUT2D eigenvalue weighted by atomic mass is 35.5. The maximum absolute atomic E-state index is 12.9. The third kappa shape index (κ3) is 6.27. The van der Waals surface area contributed by atoms with Gasteiger partial charge in [0.05, 0.1) is 13.1 Å². The third-order valence-corrected chi connectivity index (χ3v) is 2.80. The fourth-order valence-corrected chi connectivity index (χ4v) is 1.88. The molecule has 0 fully saturated rings. The largest absolute Gasteiger partial charge is 0.483 e. The quantitative estimate of drug-likeness (QED) is 0.843. The minimum absolute atomic E-state index is 0. The normalized spacial score (nSPS) is 10.8. The van der Waals surface area contributed by atoms with Crippen LogP contribution in [0.3, 0.4) is 0 Å². The SMILES string of the molecule is Cc1cc(C)c(OCC(=O)NCC(F)(F)CN)c(C)c1.Cl. The Morgan fingerprint density at radius 1 is 1.29 bits per heavy atom. The predicted octanol–water partition coefficient (Wildman–Crippen LogP) is 2.12. The van der Waals surface area contributed by atoms with Crippen LogP contribution in [-0.4, -0.2) is 31.5 Å². The van der Waals surface area contributed by atoms with E-state index in [0.29, 0.717) is 5.75 Å². The van der Waals surface area contributed by atoms with Crippen molar-refractivity contribution < 1.29 is 18.3 Å². The first-order valence-electron chi connectivity index (χ1n) is 6.30. The number of aryl methyl sites for hydroxylation is 3. The number of alkyl halides is 2. The molecule has 0 aliphatic carbocycles. The van der Waals surface area contributed by atoms with Gasteiger partial charge in [-0.3, -0.25) is 4.79 Å². The summed E-state index contributed by atoms with van der Waals surface area (Å²) in [5.74, 6) is -3.08. The van der Waals surface area contributed by atoms with Crippen LogP contribution >= 0.6 is 12.4 Å². The van der Waals surface area contributed by atoms with E-state index in [-0.39, 0.29) is 19.0 Å². The third-order valence-electron chi connectivity index (χ3n) is 2.80. The smallest absolute Gasteiger partial charge is 0.277 e. The number of nitrogens with two attached hydrogens (primary N) is 1. The number of benzene rings is 1. The molecule has 1 amide bonds. The molecule has 0 saturated heterocycles. The van der Waals surface area contributed by atoms with Gasteiger partial charge in [-0.25, -0.2) is 8.78 Å². The van der Waals surface area contributed by atoms with E-state index in [0.717, 1.165) is 16.7 Å². The lowest BCUT2D eigenvalue weighted by Crippen LogP contribution is -2.43. The van der Waals surface area contributed by atoms with E-state index in [1.165, 1.54) is 0 Å². The number of carbonyl (C=O) groups is 1. The Kier molecular flexibility index (Phi) is 7.60. The molecular weight excluding hydrogens is 302 g/mol. The molecule has 0 aromatic heterocycles. The van der Waals surface area contributed by atoms with Crippen LogP contribution in [0.15, 0.2) is 12.1 Å². The molecule has 7 heteroatoms. The molecule has 1 rings (SSSR count). The highest BCUT2D eigenvalue weighted by molar-refractivity contribution is 5.85. The summed E-state index contributed by atoms with van der Waals surface area (Å²) in [7, 11) is 0. The van der Waals surface area contributed by atoms with Crippen molar-refractivity contribution in [1.82, 2.24) is 5.32 Å². The van der Waals surface area contributed by atoms with Gasteiger partial charge >= 0.3 is 0 Å². The van der Waals surface area contributed by atoms with Crippen LogP contribution in [0.1, 0.15) is 16.7 Å². The second kappa shape index (κ2) is 8.14. The molecule has 3 N–H and O–H groups in total. The van der Waals surface area contributed by atoms with Crippen molar-refractivity contribution in [2.45, 2.75) is 26.7 Å². The van der Waals surface area contributed by atoms with Crippen LogP contribution in [0, 0.1) is 20.8 Å². The van der Waals surface area contributed by atoms with E-state index < -0.39 is 24.9 Å². The van der Waals surface area contributed by atoms with Gasteiger partial charge < -0.3 is 15.8 Å². The molecular formula is C14H21ClF2N2O2. The maximum Gasteiger partial charge on any atom is 0.277 e. The van der Waals surface area contributed by atoms with Gasteiger partial charge in [-0.15, -0.1) is 12.4 Å². The Morgan fingerprint density at radius 3 is 2.29 bits per heavy atom. The average molecular weight is 323 g/mol. The summed E-state index contributed by atoms with van der Waals surface area (Å²) >= 11 is 0. The van der Waals surface area contributed by atoms with E-state index in [9.17, 15) is 13.6 Å². The molecule has 0 radical (unpaired) electrons. The van der Waals surface area contributed by atoms with Gasteiger partial charge in [-0.1, -0.05) is 17.7 Å². The Balaban J connectivity index is 0.00000400. The van der Waals surface area contributed by atoms with Gasteiger partial charge in [-0.2, -0.15) is 0 Å². The number of amides is 1. The maximum atomic E-state index is 12.9. The van der Waals surface area contributed by atoms with E-state index in [1.54, 1.807) is 0 Å². The lowest BCUT2D eigenvalue weighted by molar-refractivity contribution is -0.124. The van der Waals surface area contributed by atoms with Crippen molar-refractivity contribution in [3.8, 4) is 5.75 Å². The van der Waals surface area contributed by atoms with Crippen LogP contribution in [0.4, 0.5) is 8.78 Å². The zero-order valence-corrected chi connectivity index (χ0v) is 13.2. The first-order chi connectivity index (χ1) is 9.25. The molecule has 21 heavy (non-hydrogen) atoms. The summed E-state index contributed by atoms with van der Waals surface area (Å²) in [5, 5.41) is 2.10. The van der Waals surface area contributed by atoms with Gasteiger partial charge in [0.15, 0.2) is 6.61 Å². The lowest BCUT2D eigenvalue weighted by Gasteiger charge is -2.16. The summed E-state index contributed by atoms with van der Waals surface area (Å²) < 4.78 is 31.1. The van der Waals surface area contributed by atoms with Crippen molar-refractivity contribution in [2.24, 2.45) is 5.73 Å². The highest BCUT2D eigenvalue weighted by Crippen LogP contribution is 2.24. The molecule has 4 nitrogen and oxygen atoms in total. The zero-order chi connectivity index (χ0) is 15.3. The van der Waals surface area contributed by atoms with E-state index in [1.807, 2.05) is 32.9 Å². The number of halogens is 3. The Hall–Kier alpha value is -1.40. The number of ether oxygens (including phenoxy) is 1. The molecule has 1 aromatic rings. The molecule has 0 unspecified atom stereocenters. The van der Waals surface area contributed by atoms with Crippen LogP contribution in [0.2, 0.25) is 0 Å². The first-order valence-corrected chi connectivity index (χ1v) is 6.30. The number of carbonyl (C=O) groups excluding carboxylic acids is 1. The minimum atomic E-state index is -3.09. The first kappa shape index (κ1) is 19.6. The van der Waals surface area contributed by atoms with Gasteiger partial charge in [-0.05, 0) is 31.9 Å². The summed E-state index contributed by atoms with van der Waals surface area (Å²) in [4.78, 5) is 11.5. The molecule has 120 valence electrons. The van der Waals surface area contributed by atoms with E-state index >= 15 is 0 Å². The zero-order valence-electron chi connectivity index (χ0n) is 12.3. The fourth-order valence-electron chi connectivity index (χ4n) is 1.88. The minimum Gasteiger partial charge on any atom is -0.483 e. The molecule has 0 heterocycles. The molecule has 0 aliphatic heterocycles. The van der Waals surface area contributed by atoms with Gasteiger partial charge in [0, 0.05) is 0 Å². The van der Waals surface area contributed by atoms with E-state index in [4.69, 9.17) is 10.5 Å². The van der Waals surface area contributed by atoms with Crippen molar-refractivity contribution in [3.63, 3.8) is 0 Å². The van der Waals surface area contributed by atoms with Crippen LogP contribution in [0.5, 0.6) is 5.75 Å². The summed E-state index contributed by atoms with van der Waals surface area (Å²) in [6.07, 6.45) is 0. The number of nitrogens with one attached hydrogen (secondary N) is 1. The van der Waals surface area contributed by atoms with Gasteiger partial charge in [0.1, 0.15) is 5.75 Å². The second-order valence-electron chi connectivity index (χ2n) is 4.85. The number of hydrogen-bond acceptors (Lipinski definition) is 3. The van der Waals surface area contributed by atoms with Crippen LogP contribution in [0.25, 0.3) is 0 Å². The van der Waals surface area contributed by atoms with Gasteiger partial charge in [0.2, 0.25) is 0 Å². The van der Waals surface area contributed by atoms with Crippen molar-refractivity contribution in [2.75, 3.05) is 19.7 Å². The van der Waals surface area contributed by atoms with Gasteiger partial charge in [0.25, 0.3) is 11.8 Å². The van der Waals surface area contributed by atoms with E-state index in [2.05, 4.69) is 5.32 Å². The number of rotatable bonds is 6. The highest BCUT2D eigenvalue weighted by Gasteiger charge is 2.27. The Bertz CT molecular complexity index is 473. The Labute approximate surface area is 129 Å². The molecule has 0 saturated carbocycles. The lowest BCUT2D eigenvalue weighted by atomic mass is 10.1. The Morgan fingerprint density at radius 2 is 1.81 bits per heavy atom. The number of hydrogen-bond donors (Lipinski definition) is 2. The summed E-state index contributed by atoms with van der Waals surface area (Å²) in [5.41, 5.74) is 7.79. The topological polar surface area (TPSA) is 64.3 Å². The average Bonchev–Trinajstić information content (AvgIpc) is 2.35.